The van der Waals surface area contributed by atoms with Crippen LogP contribution in [0.2, 0.25) is 5.02 Å². The number of rotatable bonds is 8. The van der Waals surface area contributed by atoms with Crippen molar-refractivity contribution >= 4 is 54.7 Å². The first-order valence-corrected chi connectivity index (χ1v) is 15.0. The largest absolute Gasteiger partial charge is 0.467 e. The van der Waals surface area contributed by atoms with Crippen LogP contribution < -0.4 is 14.5 Å². The van der Waals surface area contributed by atoms with Crippen molar-refractivity contribution in [2.45, 2.75) is 25.4 Å². The molecule has 12 heteroatoms. The van der Waals surface area contributed by atoms with Crippen molar-refractivity contribution in [1.29, 1.82) is 0 Å². The molecule has 0 aliphatic carbocycles. The van der Waals surface area contributed by atoms with Crippen LogP contribution in [0.5, 0.6) is 5.19 Å². The summed E-state index contributed by atoms with van der Waals surface area (Å²) in [5.41, 5.74) is 1.97. The topological polar surface area (TPSA) is 99.1 Å². The summed E-state index contributed by atoms with van der Waals surface area (Å²) in [7, 11) is -3.31. The van der Waals surface area contributed by atoms with Crippen LogP contribution in [0.15, 0.2) is 36.5 Å². The number of hydrogen-bond donors (Lipinski definition) is 1. The average Bonchev–Trinajstić information content (AvgIpc) is 3.30. The molecule has 194 valence electrons. The molecule has 4 heterocycles. The third-order valence-corrected chi connectivity index (χ3v) is 9.74. The lowest BCUT2D eigenvalue weighted by Gasteiger charge is -2.35. The van der Waals surface area contributed by atoms with Gasteiger partial charge in [-0.3, -0.25) is 0 Å². The molecule has 9 nitrogen and oxygen atoms in total. The monoisotopic (exact) mass is 551 g/mol. The third kappa shape index (κ3) is 5.86. The van der Waals surface area contributed by atoms with Gasteiger partial charge in [-0.25, -0.2) is 18.4 Å². The molecule has 2 saturated heterocycles. The Balaban J connectivity index is 1.17. The second-order valence-corrected chi connectivity index (χ2v) is 12.6. The molecule has 36 heavy (non-hydrogen) atoms. The van der Waals surface area contributed by atoms with Gasteiger partial charge >= 0.3 is 0 Å². The summed E-state index contributed by atoms with van der Waals surface area (Å²) in [6.07, 6.45) is 3.87. The highest BCUT2D eigenvalue weighted by Gasteiger charge is 2.27. The lowest BCUT2D eigenvalue weighted by atomic mass is 10.1. The Kier molecular flexibility index (Phi) is 7.82. The third-order valence-electron chi connectivity index (χ3n) is 6.66. The highest BCUT2D eigenvalue weighted by molar-refractivity contribution is 7.89. The smallest absolute Gasteiger partial charge is 0.274 e. The molecule has 1 aromatic carbocycles. The number of halogens is 1. The van der Waals surface area contributed by atoms with E-state index in [0.29, 0.717) is 36.4 Å². The molecule has 0 unspecified atom stereocenters. The van der Waals surface area contributed by atoms with Crippen LogP contribution in [0.25, 0.3) is 10.2 Å². The summed E-state index contributed by atoms with van der Waals surface area (Å²) in [4.78, 5) is 13.5. The maximum absolute atomic E-state index is 12.4. The van der Waals surface area contributed by atoms with Crippen LogP contribution in [0.1, 0.15) is 19.3 Å². The molecule has 1 N–H and O–H groups in total. The molecule has 2 aliphatic rings. The maximum atomic E-state index is 12.4. The summed E-state index contributed by atoms with van der Waals surface area (Å²) in [6, 6.07) is 9.98. The van der Waals surface area contributed by atoms with Crippen molar-refractivity contribution in [3.8, 4) is 5.19 Å². The van der Waals surface area contributed by atoms with E-state index in [9.17, 15) is 8.42 Å². The lowest BCUT2D eigenvalue weighted by molar-refractivity contribution is 0.170. The minimum Gasteiger partial charge on any atom is -0.467 e. The van der Waals surface area contributed by atoms with Gasteiger partial charge in [0.1, 0.15) is 11.9 Å². The van der Waals surface area contributed by atoms with Gasteiger partial charge in [0.15, 0.2) is 0 Å². The predicted molar refractivity (Wildman–Crippen MR) is 144 cm³/mol. The molecule has 2 aromatic heterocycles. The van der Waals surface area contributed by atoms with Crippen LogP contribution in [0.4, 0.5) is 11.5 Å². The number of piperazine rings is 1. The van der Waals surface area contributed by atoms with E-state index in [1.54, 1.807) is 17.5 Å². The minimum atomic E-state index is -3.31. The van der Waals surface area contributed by atoms with Crippen molar-refractivity contribution in [2.75, 3.05) is 61.4 Å². The normalized spacial score (nSPS) is 18.2. The van der Waals surface area contributed by atoms with Crippen molar-refractivity contribution in [2.24, 2.45) is 0 Å². The Morgan fingerprint density at radius 2 is 1.83 bits per heavy atom. The minimum absolute atomic E-state index is 0.00383. The number of fused-ring (bicyclic) bond motifs is 1. The molecule has 0 radical (unpaired) electrons. The number of pyridine rings is 1. The standard InChI is InChI=1S/C24H30ClN5O4S2/c25-18-2-5-23(26-17-18)29-8-6-20(7-9-29)34-24-27-21-4-3-19(16-22(21)35-24)28-10-12-30(13-11-28)36(32,33)15-1-14-31/h2-5,16-17,20,31H,1,6-15H2. The SMILES string of the molecule is O=S(=O)(CCCO)N1CCN(c2ccc3nc(OC4CCN(c5ccc(Cl)cn5)CC4)sc3c2)CC1. The zero-order valence-electron chi connectivity index (χ0n) is 19.9. The number of aliphatic hydroxyl groups excluding tert-OH is 1. The second kappa shape index (κ2) is 11.1. The highest BCUT2D eigenvalue weighted by atomic mass is 35.5. The Bertz CT molecular complexity index is 1270. The number of anilines is 2. The number of piperidine rings is 1. The molecule has 0 bridgehead atoms. The fourth-order valence-electron chi connectivity index (χ4n) is 4.64. The van der Waals surface area contributed by atoms with Gasteiger partial charge in [-0.05, 0) is 36.8 Å². The van der Waals surface area contributed by atoms with Crippen molar-refractivity contribution in [1.82, 2.24) is 14.3 Å². The van der Waals surface area contributed by atoms with Crippen LogP contribution in [0, 0.1) is 0 Å². The van der Waals surface area contributed by atoms with Crippen molar-refractivity contribution in [3.05, 3.63) is 41.6 Å². The lowest BCUT2D eigenvalue weighted by Crippen LogP contribution is -2.49. The Hall–Kier alpha value is -2.18. The molecule has 0 spiro atoms. The molecular formula is C24H30ClN5O4S2. The van der Waals surface area contributed by atoms with E-state index in [1.807, 2.05) is 24.3 Å². The van der Waals surface area contributed by atoms with Crippen LogP contribution in [0.3, 0.4) is 0 Å². The number of ether oxygens (including phenoxy) is 1. The molecule has 3 aromatic rings. The predicted octanol–water partition coefficient (Wildman–Crippen LogP) is 3.23. The molecule has 2 aliphatic heterocycles. The van der Waals surface area contributed by atoms with E-state index in [2.05, 4.69) is 25.8 Å². The molecule has 0 amide bonds. The molecule has 2 fully saturated rings. The van der Waals surface area contributed by atoms with Crippen LogP contribution >= 0.6 is 22.9 Å². The first-order chi connectivity index (χ1) is 17.4. The molecular weight excluding hydrogens is 522 g/mol. The van der Waals surface area contributed by atoms with Gasteiger partial charge in [0.05, 0.1) is 21.0 Å². The van der Waals surface area contributed by atoms with Crippen molar-refractivity contribution < 1.29 is 18.3 Å². The summed E-state index contributed by atoms with van der Waals surface area (Å²) in [6.45, 7) is 3.80. The van der Waals surface area contributed by atoms with E-state index >= 15 is 0 Å². The van der Waals surface area contributed by atoms with Gasteiger partial charge in [-0.15, -0.1) is 0 Å². The van der Waals surface area contributed by atoms with Crippen LogP contribution in [-0.4, -0.2) is 85.5 Å². The van der Waals surface area contributed by atoms with Crippen molar-refractivity contribution in [3.63, 3.8) is 0 Å². The summed E-state index contributed by atoms with van der Waals surface area (Å²) < 4.78 is 33.6. The Labute approximate surface area is 220 Å². The zero-order chi connectivity index (χ0) is 25.1. The molecule has 5 rings (SSSR count). The first-order valence-electron chi connectivity index (χ1n) is 12.2. The van der Waals surface area contributed by atoms with E-state index in [4.69, 9.17) is 21.4 Å². The first kappa shape index (κ1) is 25.5. The number of thiazole rings is 1. The Morgan fingerprint density at radius 1 is 1.06 bits per heavy atom. The number of nitrogens with zero attached hydrogens (tertiary/aromatic N) is 5. The van der Waals surface area contributed by atoms with Gasteiger partial charge in [0.25, 0.3) is 5.19 Å². The molecule has 0 atom stereocenters. The second-order valence-electron chi connectivity index (χ2n) is 9.05. The van der Waals surface area contributed by atoms with E-state index < -0.39 is 10.0 Å². The maximum Gasteiger partial charge on any atom is 0.274 e. The van der Waals surface area contributed by atoms with E-state index in [0.717, 1.165) is 47.7 Å². The summed E-state index contributed by atoms with van der Waals surface area (Å²) >= 11 is 7.50. The molecule has 0 saturated carbocycles. The van der Waals surface area contributed by atoms with Gasteiger partial charge in [0.2, 0.25) is 10.0 Å². The fraction of sp³-hybridized carbons (Fsp3) is 0.500. The fourth-order valence-corrected chi connectivity index (χ4v) is 7.14. The van der Waals surface area contributed by atoms with E-state index in [-0.39, 0.29) is 24.9 Å². The summed E-state index contributed by atoms with van der Waals surface area (Å²) in [5.74, 6) is 0.935. The van der Waals surface area contributed by atoms with Gasteiger partial charge < -0.3 is 19.6 Å². The average molecular weight is 552 g/mol. The quantitative estimate of drug-likeness (QED) is 0.455. The number of benzene rings is 1. The van der Waals surface area contributed by atoms with Gasteiger partial charge in [-0.1, -0.05) is 22.9 Å². The number of aliphatic hydroxyl groups is 1. The number of aromatic nitrogens is 2. The van der Waals surface area contributed by atoms with Crippen LogP contribution in [-0.2, 0) is 10.0 Å². The van der Waals surface area contributed by atoms with E-state index in [1.165, 1.54) is 4.31 Å². The van der Waals surface area contributed by atoms with Gasteiger partial charge in [0, 0.05) is 70.6 Å². The number of hydrogen-bond acceptors (Lipinski definition) is 9. The Morgan fingerprint density at radius 3 is 2.53 bits per heavy atom. The highest BCUT2D eigenvalue weighted by Crippen LogP contribution is 2.33. The van der Waals surface area contributed by atoms with Gasteiger partial charge in [-0.2, -0.15) is 4.31 Å². The zero-order valence-corrected chi connectivity index (χ0v) is 22.3. The summed E-state index contributed by atoms with van der Waals surface area (Å²) in [5, 5.41) is 10.3. The number of sulfonamides is 1.